The van der Waals surface area contributed by atoms with Crippen molar-refractivity contribution in [3.05, 3.63) is 93.0 Å². The molecule has 0 radical (unpaired) electrons. The van der Waals surface area contributed by atoms with Gasteiger partial charge in [0.25, 0.3) is 5.69 Å². The molecule has 0 saturated heterocycles. The van der Waals surface area contributed by atoms with Crippen molar-refractivity contribution in [1.29, 1.82) is 0 Å². The molecule has 9 heteroatoms. The summed E-state index contributed by atoms with van der Waals surface area (Å²) in [6.45, 7) is 2.17. The van der Waals surface area contributed by atoms with E-state index in [2.05, 4.69) is 34.6 Å². The Balaban J connectivity index is 1.50. The maximum atomic E-state index is 12.4. The number of nitro benzene ring substituents is 1. The van der Waals surface area contributed by atoms with Gasteiger partial charge in [-0.3, -0.25) is 14.9 Å². The fourth-order valence-electron chi connectivity index (χ4n) is 3.41. The van der Waals surface area contributed by atoms with Crippen LogP contribution in [0.3, 0.4) is 0 Å². The van der Waals surface area contributed by atoms with E-state index in [1.807, 2.05) is 12.1 Å². The molecule has 0 atom stereocenters. The molecule has 0 aliphatic heterocycles. The van der Waals surface area contributed by atoms with Crippen molar-refractivity contribution in [2.75, 3.05) is 5.32 Å². The van der Waals surface area contributed by atoms with Crippen LogP contribution < -0.4 is 5.32 Å². The third-order valence-electron chi connectivity index (χ3n) is 5.22. The molecule has 8 nitrogen and oxygen atoms in total. The first-order valence-corrected chi connectivity index (χ1v) is 11.2. The van der Waals surface area contributed by atoms with Crippen LogP contribution in [0.15, 0.2) is 66.7 Å². The second-order valence-corrected chi connectivity index (χ2v) is 8.16. The van der Waals surface area contributed by atoms with Gasteiger partial charge in [0, 0.05) is 18.2 Å². The standard InChI is InChI=1S/C25H22ClN5O3/c1-2-3-5-17-8-11-19(12-9-17)30-28-23-15-21(26)22(16-24(23)29-30)27-25(32)13-10-18-6-4-7-20(14-18)31(33)34/h4,6-16H,2-3,5H2,1H3,(H,27,32)/b13-10+. The molecule has 4 aromatic rings. The number of hydrogen-bond acceptors (Lipinski definition) is 5. The zero-order valence-electron chi connectivity index (χ0n) is 18.4. The SMILES string of the molecule is CCCCc1ccc(-n2nc3cc(Cl)c(NC(=O)/C=C/c4cccc([N+](=O)[O-])c4)cc3n2)cc1. The number of halogens is 1. The third kappa shape index (κ3) is 5.47. The number of unbranched alkanes of at least 4 members (excludes halogenated alkanes) is 1. The molecule has 0 aliphatic rings. The molecule has 1 heterocycles. The van der Waals surface area contributed by atoms with Crippen LogP contribution in [-0.2, 0) is 11.2 Å². The van der Waals surface area contributed by atoms with Crippen LogP contribution in [0.5, 0.6) is 0 Å². The highest BCUT2D eigenvalue weighted by Gasteiger charge is 2.11. The molecule has 0 fully saturated rings. The topological polar surface area (TPSA) is 103 Å². The highest BCUT2D eigenvalue weighted by molar-refractivity contribution is 6.34. The minimum absolute atomic E-state index is 0.0465. The minimum atomic E-state index is -0.486. The van der Waals surface area contributed by atoms with Crippen LogP contribution in [0.2, 0.25) is 5.02 Å². The lowest BCUT2D eigenvalue weighted by Crippen LogP contribution is -2.08. The normalized spacial score (nSPS) is 11.2. The molecule has 0 unspecified atom stereocenters. The van der Waals surface area contributed by atoms with Gasteiger partial charge in [-0.2, -0.15) is 4.80 Å². The molecule has 1 N–H and O–H groups in total. The first-order chi connectivity index (χ1) is 16.4. The summed E-state index contributed by atoms with van der Waals surface area (Å²) in [6, 6.07) is 17.4. The Morgan fingerprint density at radius 3 is 2.56 bits per heavy atom. The molecule has 0 aliphatic carbocycles. The van der Waals surface area contributed by atoms with Gasteiger partial charge < -0.3 is 5.32 Å². The highest BCUT2D eigenvalue weighted by atomic mass is 35.5. The fourth-order valence-corrected chi connectivity index (χ4v) is 3.62. The summed E-state index contributed by atoms with van der Waals surface area (Å²) < 4.78 is 0. The number of carbonyl (C=O) groups is 1. The van der Waals surface area contributed by atoms with Crippen molar-refractivity contribution < 1.29 is 9.72 Å². The number of fused-ring (bicyclic) bond motifs is 1. The van der Waals surface area contributed by atoms with E-state index >= 15 is 0 Å². The van der Waals surface area contributed by atoms with Gasteiger partial charge in [-0.15, -0.1) is 10.2 Å². The average Bonchev–Trinajstić information content (AvgIpc) is 3.24. The van der Waals surface area contributed by atoms with Gasteiger partial charge in [0.2, 0.25) is 5.91 Å². The molecule has 3 aromatic carbocycles. The average molecular weight is 476 g/mol. The van der Waals surface area contributed by atoms with Gasteiger partial charge in [0.1, 0.15) is 11.0 Å². The zero-order valence-corrected chi connectivity index (χ0v) is 19.2. The third-order valence-corrected chi connectivity index (χ3v) is 5.53. The molecular weight excluding hydrogens is 454 g/mol. The summed E-state index contributed by atoms with van der Waals surface area (Å²) >= 11 is 6.35. The van der Waals surface area contributed by atoms with E-state index in [-0.39, 0.29) is 5.69 Å². The van der Waals surface area contributed by atoms with E-state index in [1.165, 1.54) is 29.8 Å². The molecule has 172 valence electrons. The lowest BCUT2D eigenvalue weighted by Gasteiger charge is -2.04. The second kappa shape index (κ2) is 10.3. The molecule has 0 spiro atoms. The molecule has 0 bridgehead atoms. The molecule has 1 aromatic heterocycles. The monoisotopic (exact) mass is 475 g/mol. The van der Waals surface area contributed by atoms with Gasteiger partial charge in [-0.1, -0.05) is 49.2 Å². The summed E-state index contributed by atoms with van der Waals surface area (Å²) in [7, 11) is 0. The number of hydrogen-bond donors (Lipinski definition) is 1. The quantitative estimate of drug-likeness (QED) is 0.192. The van der Waals surface area contributed by atoms with Crippen LogP contribution in [0, 0.1) is 10.1 Å². The van der Waals surface area contributed by atoms with E-state index in [0.717, 1.165) is 24.9 Å². The Kier molecular flexibility index (Phi) is 6.98. The van der Waals surface area contributed by atoms with Gasteiger partial charge in [0.15, 0.2) is 0 Å². The van der Waals surface area contributed by atoms with Gasteiger partial charge in [-0.05, 0) is 54.3 Å². The van der Waals surface area contributed by atoms with Crippen molar-refractivity contribution in [1.82, 2.24) is 15.0 Å². The Morgan fingerprint density at radius 1 is 1.12 bits per heavy atom. The number of nitrogens with one attached hydrogen (secondary N) is 1. The Hall–Kier alpha value is -4.04. The molecule has 1 amide bonds. The number of amides is 1. The zero-order chi connectivity index (χ0) is 24.1. The van der Waals surface area contributed by atoms with Crippen molar-refractivity contribution in [3.63, 3.8) is 0 Å². The number of nitrogens with zero attached hydrogens (tertiary/aromatic N) is 4. The van der Waals surface area contributed by atoms with Crippen molar-refractivity contribution in [3.8, 4) is 5.69 Å². The lowest BCUT2D eigenvalue weighted by molar-refractivity contribution is -0.384. The van der Waals surface area contributed by atoms with Crippen LogP contribution in [0.4, 0.5) is 11.4 Å². The first kappa shape index (κ1) is 23.1. The molecule has 4 rings (SSSR count). The predicted octanol–water partition coefficient (Wildman–Crippen LogP) is 5.98. The number of non-ortho nitro benzene ring substituents is 1. The number of aromatic nitrogens is 3. The van der Waals surface area contributed by atoms with Crippen molar-refractivity contribution in [2.24, 2.45) is 0 Å². The number of nitro groups is 1. The number of aryl methyl sites for hydroxylation is 1. The molecule has 34 heavy (non-hydrogen) atoms. The van der Waals surface area contributed by atoms with E-state index < -0.39 is 10.8 Å². The lowest BCUT2D eigenvalue weighted by atomic mass is 10.1. The number of benzene rings is 3. The summed E-state index contributed by atoms with van der Waals surface area (Å²) in [4.78, 5) is 24.3. The first-order valence-electron chi connectivity index (χ1n) is 10.8. The summed E-state index contributed by atoms with van der Waals surface area (Å²) in [6.07, 6.45) is 6.13. The molecule has 0 saturated carbocycles. The predicted molar refractivity (Wildman–Crippen MR) is 133 cm³/mol. The second-order valence-electron chi connectivity index (χ2n) is 7.75. The summed E-state index contributed by atoms with van der Waals surface area (Å²) in [5.74, 6) is -0.428. The van der Waals surface area contributed by atoms with Gasteiger partial charge in [-0.25, -0.2) is 0 Å². The van der Waals surface area contributed by atoms with E-state index in [9.17, 15) is 14.9 Å². The van der Waals surface area contributed by atoms with Crippen LogP contribution in [-0.4, -0.2) is 25.8 Å². The van der Waals surface area contributed by atoms with Crippen LogP contribution >= 0.6 is 11.6 Å². The Morgan fingerprint density at radius 2 is 1.85 bits per heavy atom. The highest BCUT2D eigenvalue weighted by Crippen LogP contribution is 2.27. The number of carbonyl (C=O) groups excluding carboxylic acids is 1. The summed E-state index contributed by atoms with van der Waals surface area (Å²) in [5.41, 5.74) is 4.17. The number of anilines is 1. The Bertz CT molecular complexity index is 1380. The largest absolute Gasteiger partial charge is 0.321 e. The Labute approximate surface area is 201 Å². The van der Waals surface area contributed by atoms with E-state index in [1.54, 1.807) is 29.1 Å². The van der Waals surface area contributed by atoms with Crippen molar-refractivity contribution in [2.45, 2.75) is 26.2 Å². The maximum Gasteiger partial charge on any atom is 0.270 e. The maximum absolute atomic E-state index is 12.4. The minimum Gasteiger partial charge on any atom is -0.321 e. The smallest absolute Gasteiger partial charge is 0.270 e. The van der Waals surface area contributed by atoms with E-state index in [0.29, 0.717) is 27.3 Å². The van der Waals surface area contributed by atoms with E-state index in [4.69, 9.17) is 11.6 Å². The van der Waals surface area contributed by atoms with Crippen LogP contribution in [0.1, 0.15) is 30.9 Å². The molecular formula is C25H22ClN5O3. The van der Waals surface area contributed by atoms with Gasteiger partial charge >= 0.3 is 0 Å². The number of rotatable bonds is 8. The summed E-state index contributed by atoms with van der Waals surface area (Å²) in [5, 5.41) is 23.0. The van der Waals surface area contributed by atoms with Crippen molar-refractivity contribution >= 4 is 46.0 Å². The van der Waals surface area contributed by atoms with Crippen LogP contribution in [0.25, 0.3) is 22.8 Å². The fraction of sp³-hybridized carbons (Fsp3) is 0.160. The van der Waals surface area contributed by atoms with Gasteiger partial charge in [0.05, 0.1) is 21.3 Å².